The van der Waals surface area contributed by atoms with E-state index in [-0.39, 0.29) is 29.9 Å². The van der Waals surface area contributed by atoms with E-state index in [2.05, 4.69) is 27.0 Å². The van der Waals surface area contributed by atoms with E-state index in [4.69, 9.17) is 4.74 Å². The van der Waals surface area contributed by atoms with E-state index in [0.29, 0.717) is 25.6 Å². The number of aliphatic imine (C=N–C) groups is 1. The quantitative estimate of drug-likeness (QED) is 0.284. The number of carbonyl (C=O) groups is 1. The van der Waals surface area contributed by atoms with Crippen molar-refractivity contribution in [2.24, 2.45) is 16.3 Å². The monoisotopic (exact) mass is 488 g/mol. The predicted octanol–water partition coefficient (Wildman–Crippen LogP) is 2.92. The molecule has 0 aromatic heterocycles. The predicted molar refractivity (Wildman–Crippen MR) is 121 cm³/mol. The lowest BCUT2D eigenvalue weighted by atomic mass is 9.92. The average molecular weight is 488 g/mol. The summed E-state index contributed by atoms with van der Waals surface area (Å²) >= 11 is 0. The van der Waals surface area contributed by atoms with Crippen LogP contribution in [0.4, 0.5) is 0 Å². The van der Waals surface area contributed by atoms with Gasteiger partial charge in [-0.05, 0) is 45.6 Å². The maximum atomic E-state index is 12.1. The van der Waals surface area contributed by atoms with E-state index < -0.39 is 5.41 Å². The van der Waals surface area contributed by atoms with Gasteiger partial charge in [-0.15, -0.1) is 24.0 Å². The Hall–Kier alpha value is -1.51. The third-order valence-corrected chi connectivity index (χ3v) is 4.46. The first kappa shape index (κ1) is 23.5. The number of carbonyl (C=O) groups excluding carboxylic acids is 1. The highest BCUT2D eigenvalue weighted by atomic mass is 127. The Balaban J connectivity index is 0.00000364. The Kier molecular flexibility index (Phi) is 9.90. The highest BCUT2D eigenvalue weighted by Crippen LogP contribution is 2.30. The van der Waals surface area contributed by atoms with Gasteiger partial charge in [-0.1, -0.05) is 18.2 Å². The zero-order valence-corrected chi connectivity index (χ0v) is 19.1. The third kappa shape index (κ3) is 7.94. The molecule has 0 unspecified atom stereocenters. The van der Waals surface area contributed by atoms with E-state index >= 15 is 0 Å². The highest BCUT2D eigenvalue weighted by Gasteiger charge is 2.27. The molecule has 7 heteroatoms. The van der Waals surface area contributed by atoms with Gasteiger partial charge in [-0.3, -0.25) is 9.79 Å². The number of ether oxygens (including phenoxy) is 1. The van der Waals surface area contributed by atoms with Gasteiger partial charge in [0.15, 0.2) is 5.96 Å². The Morgan fingerprint density at radius 3 is 2.56 bits per heavy atom. The van der Waals surface area contributed by atoms with Crippen molar-refractivity contribution in [3.8, 4) is 5.75 Å². The normalized spacial score (nSPS) is 14.1. The summed E-state index contributed by atoms with van der Waals surface area (Å²) in [4.78, 5) is 16.3. The molecule has 1 fully saturated rings. The SMILES string of the molecule is CCNC(=O)C(C)(C)CNC(=NC)NCc1ccccc1OCC1CC1.I. The molecule has 0 aliphatic heterocycles. The second-order valence-corrected chi connectivity index (χ2v) is 7.38. The number of guanidine groups is 1. The minimum atomic E-state index is -0.515. The first-order valence-corrected chi connectivity index (χ1v) is 9.39. The van der Waals surface area contributed by atoms with Gasteiger partial charge >= 0.3 is 0 Å². The topological polar surface area (TPSA) is 74.8 Å². The standard InChI is InChI=1S/C20H32N4O2.HI/c1-5-22-18(25)20(2,3)14-24-19(21-4)23-12-16-8-6-7-9-17(16)26-13-15-10-11-15;/h6-9,15H,5,10-14H2,1-4H3,(H,22,25)(H2,21,23,24);1H. The van der Waals surface area contributed by atoms with E-state index in [1.54, 1.807) is 7.05 Å². The first-order valence-electron chi connectivity index (χ1n) is 9.39. The van der Waals surface area contributed by atoms with Crippen molar-refractivity contribution < 1.29 is 9.53 Å². The van der Waals surface area contributed by atoms with E-state index in [1.807, 2.05) is 39.0 Å². The highest BCUT2D eigenvalue weighted by molar-refractivity contribution is 14.0. The van der Waals surface area contributed by atoms with Gasteiger partial charge in [0.1, 0.15) is 5.75 Å². The largest absolute Gasteiger partial charge is 0.493 e. The molecule has 1 aliphatic carbocycles. The second-order valence-electron chi connectivity index (χ2n) is 7.38. The van der Waals surface area contributed by atoms with Gasteiger partial charge < -0.3 is 20.7 Å². The van der Waals surface area contributed by atoms with Gasteiger partial charge in [0, 0.05) is 32.2 Å². The van der Waals surface area contributed by atoms with Crippen LogP contribution in [0.25, 0.3) is 0 Å². The average Bonchev–Trinajstić information content (AvgIpc) is 3.45. The van der Waals surface area contributed by atoms with Gasteiger partial charge in [-0.25, -0.2) is 0 Å². The Morgan fingerprint density at radius 1 is 1.22 bits per heavy atom. The summed E-state index contributed by atoms with van der Waals surface area (Å²) in [5, 5.41) is 9.40. The van der Waals surface area contributed by atoms with Crippen LogP contribution >= 0.6 is 24.0 Å². The Labute approximate surface area is 179 Å². The first-order chi connectivity index (χ1) is 12.5. The van der Waals surface area contributed by atoms with Gasteiger partial charge in [0.25, 0.3) is 0 Å². The van der Waals surface area contributed by atoms with Crippen LogP contribution in [0.15, 0.2) is 29.3 Å². The van der Waals surface area contributed by atoms with Crippen LogP contribution in [0.5, 0.6) is 5.75 Å². The van der Waals surface area contributed by atoms with E-state index in [0.717, 1.165) is 23.8 Å². The fourth-order valence-corrected chi connectivity index (χ4v) is 2.47. The molecule has 0 saturated heterocycles. The van der Waals surface area contributed by atoms with Crippen molar-refractivity contribution in [2.75, 3.05) is 26.7 Å². The number of rotatable bonds is 9. The van der Waals surface area contributed by atoms with Crippen molar-refractivity contribution in [2.45, 2.75) is 40.2 Å². The summed E-state index contributed by atoms with van der Waals surface area (Å²) in [5.41, 5.74) is 0.581. The number of hydrogen-bond donors (Lipinski definition) is 3. The molecule has 6 nitrogen and oxygen atoms in total. The summed E-state index contributed by atoms with van der Waals surface area (Å²) < 4.78 is 5.95. The molecule has 1 amide bonds. The van der Waals surface area contributed by atoms with Gasteiger partial charge in [-0.2, -0.15) is 0 Å². The number of nitrogens with one attached hydrogen (secondary N) is 3. The number of halogens is 1. The molecule has 0 heterocycles. The summed E-state index contributed by atoms with van der Waals surface area (Å²) in [6, 6.07) is 8.07. The summed E-state index contributed by atoms with van der Waals surface area (Å²) in [6.45, 7) is 8.29. The zero-order chi connectivity index (χ0) is 19.0. The lowest BCUT2D eigenvalue weighted by Gasteiger charge is -2.25. The summed E-state index contributed by atoms with van der Waals surface area (Å²) in [7, 11) is 1.73. The van der Waals surface area contributed by atoms with Crippen LogP contribution in [-0.2, 0) is 11.3 Å². The maximum absolute atomic E-state index is 12.1. The molecular weight excluding hydrogens is 455 g/mol. The van der Waals surface area contributed by atoms with E-state index in [1.165, 1.54) is 12.8 Å². The Morgan fingerprint density at radius 2 is 1.93 bits per heavy atom. The van der Waals surface area contributed by atoms with Crippen molar-refractivity contribution in [3.05, 3.63) is 29.8 Å². The number of nitrogens with zero attached hydrogens (tertiary/aromatic N) is 1. The van der Waals surface area contributed by atoms with Crippen molar-refractivity contribution in [1.82, 2.24) is 16.0 Å². The minimum absolute atomic E-state index is 0. The molecule has 152 valence electrons. The number of para-hydroxylation sites is 1. The smallest absolute Gasteiger partial charge is 0.227 e. The fourth-order valence-electron chi connectivity index (χ4n) is 2.47. The van der Waals surface area contributed by atoms with Crippen LogP contribution < -0.4 is 20.7 Å². The van der Waals surface area contributed by atoms with Crippen LogP contribution in [0.1, 0.15) is 39.2 Å². The number of benzene rings is 1. The van der Waals surface area contributed by atoms with Gasteiger partial charge in [0.05, 0.1) is 12.0 Å². The Bertz CT molecular complexity index is 630. The molecule has 1 saturated carbocycles. The van der Waals surface area contributed by atoms with E-state index in [9.17, 15) is 4.79 Å². The molecule has 0 bridgehead atoms. The number of hydrogen-bond acceptors (Lipinski definition) is 3. The van der Waals surface area contributed by atoms with Crippen LogP contribution in [0.3, 0.4) is 0 Å². The molecular formula is C20H33IN4O2. The van der Waals surface area contributed by atoms with Crippen molar-refractivity contribution >= 4 is 35.8 Å². The molecule has 1 aliphatic rings. The molecule has 0 radical (unpaired) electrons. The summed E-state index contributed by atoms with van der Waals surface area (Å²) in [5.74, 6) is 2.34. The lowest BCUT2D eigenvalue weighted by Crippen LogP contribution is -2.47. The van der Waals surface area contributed by atoms with Crippen LogP contribution in [0, 0.1) is 11.3 Å². The molecule has 3 N–H and O–H groups in total. The minimum Gasteiger partial charge on any atom is -0.493 e. The van der Waals surface area contributed by atoms with Gasteiger partial charge in [0.2, 0.25) is 5.91 Å². The number of amides is 1. The zero-order valence-electron chi connectivity index (χ0n) is 16.8. The second kappa shape index (κ2) is 11.4. The molecule has 0 spiro atoms. The van der Waals surface area contributed by atoms with Crippen LogP contribution in [0.2, 0.25) is 0 Å². The fraction of sp³-hybridized carbons (Fsp3) is 0.600. The molecule has 2 rings (SSSR count). The molecule has 1 aromatic rings. The maximum Gasteiger partial charge on any atom is 0.227 e. The third-order valence-electron chi connectivity index (χ3n) is 4.46. The summed E-state index contributed by atoms with van der Waals surface area (Å²) in [6.07, 6.45) is 2.55. The molecule has 27 heavy (non-hydrogen) atoms. The molecule has 1 aromatic carbocycles. The molecule has 0 atom stereocenters. The lowest BCUT2D eigenvalue weighted by molar-refractivity contribution is -0.128. The van der Waals surface area contributed by atoms with Crippen molar-refractivity contribution in [1.29, 1.82) is 0 Å². The van der Waals surface area contributed by atoms with Crippen LogP contribution in [-0.4, -0.2) is 38.6 Å². The van der Waals surface area contributed by atoms with Crippen molar-refractivity contribution in [3.63, 3.8) is 0 Å².